The largest absolute Gasteiger partial charge is 0.468 e. The van der Waals surface area contributed by atoms with Crippen molar-refractivity contribution < 1.29 is 9.53 Å². The number of halogens is 1. The summed E-state index contributed by atoms with van der Waals surface area (Å²) in [4.78, 5) is 10.8. The first-order valence-electron chi connectivity index (χ1n) is 3.99. The molecule has 0 aliphatic carbocycles. The molecule has 6 nitrogen and oxygen atoms in total. The van der Waals surface area contributed by atoms with E-state index < -0.39 is 12.0 Å². The number of esters is 1. The maximum Gasteiger partial charge on any atom is 0.322 e. The van der Waals surface area contributed by atoms with Crippen LogP contribution < -0.4 is 16.8 Å². The lowest BCUT2D eigenvalue weighted by Crippen LogP contribution is -2.34. The van der Waals surface area contributed by atoms with Crippen LogP contribution in [-0.2, 0) is 9.53 Å². The molecule has 0 radical (unpaired) electrons. The molecule has 14 heavy (non-hydrogen) atoms. The van der Waals surface area contributed by atoms with Crippen molar-refractivity contribution in [3.8, 4) is 0 Å². The molecule has 0 aliphatic heterocycles. The van der Waals surface area contributed by atoms with E-state index in [4.69, 9.17) is 16.9 Å². The van der Waals surface area contributed by atoms with E-state index in [2.05, 4.69) is 10.1 Å². The summed E-state index contributed by atoms with van der Waals surface area (Å²) in [5.41, 5.74) is 10.5. The zero-order valence-corrected chi connectivity index (χ0v) is 8.89. The van der Waals surface area contributed by atoms with Gasteiger partial charge >= 0.3 is 5.97 Å². The number of nitrogens with one attached hydrogen (secondary N) is 2. The van der Waals surface area contributed by atoms with Crippen LogP contribution in [0.1, 0.15) is 12.8 Å². The molecule has 1 atom stereocenters. The molecular weight excluding hydrogens is 208 g/mol. The van der Waals surface area contributed by atoms with Crippen LogP contribution in [0.25, 0.3) is 0 Å². The summed E-state index contributed by atoms with van der Waals surface area (Å²) < 4.78 is 4.44. The van der Waals surface area contributed by atoms with Gasteiger partial charge in [0.2, 0.25) is 0 Å². The van der Waals surface area contributed by atoms with E-state index in [1.807, 2.05) is 0 Å². The normalized spacial score (nSPS) is 11.0. The van der Waals surface area contributed by atoms with Gasteiger partial charge in [-0.15, -0.1) is 12.4 Å². The van der Waals surface area contributed by atoms with E-state index in [1.165, 1.54) is 7.11 Å². The lowest BCUT2D eigenvalue weighted by atomic mass is 10.2. The van der Waals surface area contributed by atoms with Crippen LogP contribution in [0.5, 0.6) is 0 Å². The van der Waals surface area contributed by atoms with Crippen molar-refractivity contribution in [3.05, 3.63) is 0 Å². The average molecular weight is 225 g/mol. The Bertz CT molecular complexity index is 189. The minimum atomic E-state index is -0.584. The number of nitrogens with two attached hydrogens (primary N) is 2. The van der Waals surface area contributed by atoms with Crippen LogP contribution >= 0.6 is 12.4 Å². The van der Waals surface area contributed by atoms with E-state index in [0.29, 0.717) is 19.4 Å². The monoisotopic (exact) mass is 224 g/mol. The molecule has 0 amide bonds. The number of guanidine groups is 1. The van der Waals surface area contributed by atoms with Crippen molar-refractivity contribution >= 4 is 24.3 Å². The third-order valence-corrected chi connectivity index (χ3v) is 1.51. The Kier molecular flexibility index (Phi) is 9.48. The number of rotatable bonds is 5. The number of hydrogen-bond donors (Lipinski definition) is 4. The molecule has 0 aromatic rings. The van der Waals surface area contributed by atoms with Gasteiger partial charge in [-0.3, -0.25) is 10.2 Å². The molecule has 0 bridgehead atoms. The van der Waals surface area contributed by atoms with Gasteiger partial charge in [-0.05, 0) is 12.8 Å². The number of hydrogen-bond acceptors (Lipinski definition) is 4. The molecular formula is C7H17ClN4O2. The zero-order valence-electron chi connectivity index (χ0n) is 8.08. The first-order chi connectivity index (χ1) is 6.07. The van der Waals surface area contributed by atoms with E-state index in [-0.39, 0.29) is 18.4 Å². The van der Waals surface area contributed by atoms with E-state index >= 15 is 0 Å². The van der Waals surface area contributed by atoms with Gasteiger partial charge in [-0.25, -0.2) is 0 Å². The number of carbonyl (C=O) groups is 1. The number of ether oxygens (including phenoxy) is 1. The Balaban J connectivity index is 0. The molecule has 0 spiro atoms. The summed E-state index contributed by atoms with van der Waals surface area (Å²) in [6.07, 6.45) is 1.20. The standard InChI is InChI=1S/C7H16N4O2.ClH/c1-13-6(12)5(8)3-2-4-11-7(9)10;/h5H,2-4,8H2,1H3,(H4,9,10,11);1H/t5-;/m0./s1. The minimum Gasteiger partial charge on any atom is -0.468 e. The maximum atomic E-state index is 10.8. The average Bonchev–Trinajstić information content (AvgIpc) is 2.10. The summed E-state index contributed by atoms with van der Waals surface area (Å²) in [5, 5.41) is 9.46. The highest BCUT2D eigenvalue weighted by Crippen LogP contribution is 1.94. The molecule has 0 fully saturated rings. The Morgan fingerprint density at radius 1 is 1.64 bits per heavy atom. The molecule has 0 rings (SSSR count). The molecule has 0 saturated carbocycles. The van der Waals surface area contributed by atoms with Crippen molar-refractivity contribution in [1.29, 1.82) is 5.41 Å². The Morgan fingerprint density at radius 3 is 2.64 bits per heavy atom. The third kappa shape index (κ3) is 7.63. The summed E-state index contributed by atoms with van der Waals surface area (Å²) >= 11 is 0. The molecule has 7 heteroatoms. The van der Waals surface area contributed by atoms with Crippen molar-refractivity contribution in [1.82, 2.24) is 5.32 Å². The van der Waals surface area contributed by atoms with Crippen molar-refractivity contribution in [2.45, 2.75) is 18.9 Å². The highest BCUT2D eigenvalue weighted by Gasteiger charge is 2.12. The Morgan fingerprint density at radius 2 is 2.21 bits per heavy atom. The second-order valence-corrected chi connectivity index (χ2v) is 2.61. The van der Waals surface area contributed by atoms with Gasteiger partial charge in [0.1, 0.15) is 6.04 Å². The van der Waals surface area contributed by atoms with E-state index in [1.54, 1.807) is 0 Å². The van der Waals surface area contributed by atoms with Gasteiger partial charge < -0.3 is 21.5 Å². The van der Waals surface area contributed by atoms with Crippen molar-refractivity contribution in [2.75, 3.05) is 13.7 Å². The molecule has 0 aromatic carbocycles. The van der Waals surface area contributed by atoms with E-state index in [0.717, 1.165) is 0 Å². The van der Waals surface area contributed by atoms with Crippen molar-refractivity contribution in [3.63, 3.8) is 0 Å². The fourth-order valence-electron chi connectivity index (χ4n) is 0.814. The molecule has 0 aromatic heterocycles. The quantitative estimate of drug-likeness (QED) is 0.211. The van der Waals surface area contributed by atoms with Crippen LogP contribution in [0.15, 0.2) is 0 Å². The van der Waals surface area contributed by atoms with Crippen LogP contribution in [0.2, 0.25) is 0 Å². The zero-order chi connectivity index (χ0) is 10.3. The first-order valence-corrected chi connectivity index (χ1v) is 3.99. The highest BCUT2D eigenvalue weighted by atomic mass is 35.5. The van der Waals surface area contributed by atoms with Crippen LogP contribution in [0.4, 0.5) is 0 Å². The second-order valence-electron chi connectivity index (χ2n) is 2.61. The Labute approximate surface area is 89.3 Å². The molecule has 84 valence electrons. The molecule has 0 unspecified atom stereocenters. The van der Waals surface area contributed by atoms with Gasteiger partial charge in [0.15, 0.2) is 5.96 Å². The summed E-state index contributed by atoms with van der Waals surface area (Å²) in [7, 11) is 1.30. The summed E-state index contributed by atoms with van der Waals surface area (Å²) in [6, 6.07) is -0.584. The lowest BCUT2D eigenvalue weighted by molar-refractivity contribution is -0.142. The maximum absolute atomic E-state index is 10.8. The minimum absolute atomic E-state index is 0. The Hall–Kier alpha value is -1.01. The second kappa shape index (κ2) is 8.58. The molecule has 0 saturated heterocycles. The van der Waals surface area contributed by atoms with Crippen molar-refractivity contribution in [2.24, 2.45) is 11.5 Å². The fraction of sp³-hybridized carbons (Fsp3) is 0.714. The number of methoxy groups -OCH3 is 1. The SMILES string of the molecule is COC(=O)[C@@H](N)CCCNC(=N)N.Cl. The smallest absolute Gasteiger partial charge is 0.322 e. The highest BCUT2D eigenvalue weighted by molar-refractivity contribution is 5.85. The van der Waals surface area contributed by atoms with Gasteiger partial charge in [-0.2, -0.15) is 0 Å². The molecule has 0 heterocycles. The van der Waals surface area contributed by atoms with E-state index in [9.17, 15) is 4.79 Å². The van der Waals surface area contributed by atoms with Gasteiger partial charge in [0.05, 0.1) is 7.11 Å². The molecule has 0 aliphatic rings. The summed E-state index contributed by atoms with van der Waals surface area (Å²) in [5.74, 6) is -0.491. The van der Waals surface area contributed by atoms with Crippen LogP contribution in [-0.4, -0.2) is 31.6 Å². The topological polar surface area (TPSA) is 114 Å². The summed E-state index contributed by atoms with van der Waals surface area (Å²) in [6.45, 7) is 0.542. The van der Waals surface area contributed by atoms with Crippen LogP contribution in [0, 0.1) is 5.41 Å². The van der Waals surface area contributed by atoms with Crippen LogP contribution in [0.3, 0.4) is 0 Å². The lowest BCUT2D eigenvalue weighted by Gasteiger charge is -2.08. The first kappa shape index (κ1) is 15.5. The van der Waals surface area contributed by atoms with Gasteiger partial charge in [-0.1, -0.05) is 0 Å². The number of carbonyl (C=O) groups excluding carboxylic acids is 1. The van der Waals surface area contributed by atoms with Gasteiger partial charge in [0.25, 0.3) is 0 Å². The molecule has 6 N–H and O–H groups in total. The van der Waals surface area contributed by atoms with Gasteiger partial charge in [0, 0.05) is 6.54 Å². The predicted octanol–water partition coefficient (Wildman–Crippen LogP) is -0.828. The third-order valence-electron chi connectivity index (χ3n) is 1.51. The predicted molar refractivity (Wildman–Crippen MR) is 56.4 cm³/mol. The fourth-order valence-corrected chi connectivity index (χ4v) is 0.814.